The second-order valence-electron chi connectivity index (χ2n) is 3.22. The largest absolute Gasteiger partial charge is 0.394 e. The number of aliphatic hydroxyl groups is 1. The number of anilines is 1. The van der Waals surface area contributed by atoms with Crippen LogP contribution in [0.5, 0.6) is 0 Å². The molecule has 1 aromatic rings. The molecule has 13 heavy (non-hydrogen) atoms. The lowest BCUT2D eigenvalue weighted by molar-refractivity contribution is -0.0223. The highest BCUT2D eigenvalue weighted by molar-refractivity contribution is 5.22. The Kier molecular flexibility index (Phi) is 2.20. The molecule has 2 heterocycles. The van der Waals surface area contributed by atoms with Gasteiger partial charge in [-0.1, -0.05) is 0 Å². The van der Waals surface area contributed by atoms with Crippen LogP contribution in [0, 0.1) is 0 Å². The molecule has 0 saturated carbocycles. The Morgan fingerprint density at radius 3 is 3.08 bits per heavy atom. The van der Waals surface area contributed by atoms with Gasteiger partial charge in [0, 0.05) is 6.20 Å². The van der Waals surface area contributed by atoms with Gasteiger partial charge in [-0.3, -0.25) is 0 Å². The molecule has 0 spiro atoms. The predicted octanol–water partition coefficient (Wildman–Crippen LogP) is 0.135. The topological polar surface area (TPSA) is 73.3 Å². The number of nitrogens with zero attached hydrogens (tertiary/aromatic N) is 2. The molecule has 5 nitrogen and oxygen atoms in total. The first-order valence-electron chi connectivity index (χ1n) is 4.35. The van der Waals surface area contributed by atoms with Gasteiger partial charge in [0.05, 0.1) is 19.0 Å². The van der Waals surface area contributed by atoms with Crippen LogP contribution in [0.2, 0.25) is 0 Å². The molecule has 1 aliphatic rings. The number of ether oxygens (including phenoxy) is 1. The first kappa shape index (κ1) is 8.52. The number of aromatic nitrogens is 2. The molecule has 2 atom stereocenters. The first-order valence-corrected chi connectivity index (χ1v) is 4.35. The molecule has 0 radical (unpaired) electrons. The minimum absolute atomic E-state index is 0.0121. The number of aliphatic hydroxyl groups excluding tert-OH is 1. The van der Waals surface area contributed by atoms with E-state index in [-0.39, 0.29) is 18.9 Å². The highest BCUT2D eigenvalue weighted by atomic mass is 16.5. The van der Waals surface area contributed by atoms with Crippen LogP contribution < -0.4 is 5.73 Å². The van der Waals surface area contributed by atoms with Crippen molar-refractivity contribution in [3.8, 4) is 0 Å². The van der Waals surface area contributed by atoms with Gasteiger partial charge in [-0.25, -0.2) is 4.98 Å². The summed E-state index contributed by atoms with van der Waals surface area (Å²) >= 11 is 0. The van der Waals surface area contributed by atoms with Crippen LogP contribution in [-0.4, -0.2) is 27.4 Å². The van der Waals surface area contributed by atoms with Gasteiger partial charge in [0.25, 0.3) is 0 Å². The number of hydrogen-bond donors (Lipinski definition) is 2. The number of nitrogen functional groups attached to an aromatic ring is 1. The van der Waals surface area contributed by atoms with E-state index in [1.165, 1.54) is 0 Å². The molecule has 0 aliphatic carbocycles. The van der Waals surface area contributed by atoms with E-state index < -0.39 is 0 Å². The summed E-state index contributed by atoms with van der Waals surface area (Å²) in [6.07, 6.45) is 5.14. The Morgan fingerprint density at radius 2 is 2.54 bits per heavy atom. The molecular formula is C8H13N3O2. The summed E-state index contributed by atoms with van der Waals surface area (Å²) in [5.41, 5.74) is 5.48. The Labute approximate surface area is 76.1 Å². The molecule has 5 heteroatoms. The van der Waals surface area contributed by atoms with Crippen LogP contribution in [0.1, 0.15) is 19.1 Å². The van der Waals surface area contributed by atoms with Crippen LogP contribution in [0.3, 0.4) is 0 Å². The van der Waals surface area contributed by atoms with E-state index in [4.69, 9.17) is 15.6 Å². The van der Waals surface area contributed by atoms with Crippen LogP contribution in [0.25, 0.3) is 0 Å². The molecule has 72 valence electrons. The summed E-state index contributed by atoms with van der Waals surface area (Å²) in [6, 6.07) is 0. The fourth-order valence-electron chi connectivity index (χ4n) is 1.55. The Morgan fingerprint density at radius 1 is 1.69 bits per heavy atom. The lowest BCUT2D eigenvalue weighted by atomic mass is 10.2. The van der Waals surface area contributed by atoms with Gasteiger partial charge >= 0.3 is 0 Å². The molecule has 0 amide bonds. The zero-order chi connectivity index (χ0) is 9.26. The maximum atomic E-state index is 8.86. The SMILES string of the molecule is Nc1cn(C2CC[C@@H](CO)O2)cn1. The summed E-state index contributed by atoms with van der Waals surface area (Å²) in [5, 5.41) is 8.86. The first-order chi connectivity index (χ1) is 6.29. The van der Waals surface area contributed by atoms with Crippen molar-refractivity contribution in [2.24, 2.45) is 0 Å². The summed E-state index contributed by atoms with van der Waals surface area (Å²) in [5.74, 6) is 0.496. The van der Waals surface area contributed by atoms with E-state index in [2.05, 4.69) is 4.98 Å². The quantitative estimate of drug-likeness (QED) is 0.683. The summed E-state index contributed by atoms with van der Waals surface area (Å²) in [4.78, 5) is 3.91. The number of hydrogen-bond acceptors (Lipinski definition) is 4. The van der Waals surface area contributed by atoms with Gasteiger partial charge in [0.15, 0.2) is 0 Å². The smallest absolute Gasteiger partial charge is 0.141 e. The van der Waals surface area contributed by atoms with Gasteiger partial charge in [0.2, 0.25) is 0 Å². The van der Waals surface area contributed by atoms with Gasteiger partial charge in [-0.2, -0.15) is 0 Å². The van der Waals surface area contributed by atoms with Crippen molar-refractivity contribution in [3.63, 3.8) is 0 Å². The second kappa shape index (κ2) is 3.35. The Balaban J connectivity index is 2.03. The second-order valence-corrected chi connectivity index (χ2v) is 3.22. The normalized spacial score (nSPS) is 28.1. The predicted molar refractivity (Wildman–Crippen MR) is 46.9 cm³/mol. The van der Waals surface area contributed by atoms with E-state index in [1.54, 1.807) is 12.5 Å². The van der Waals surface area contributed by atoms with Crippen molar-refractivity contribution in [3.05, 3.63) is 12.5 Å². The average Bonchev–Trinajstić information content (AvgIpc) is 2.71. The van der Waals surface area contributed by atoms with Crippen LogP contribution >= 0.6 is 0 Å². The zero-order valence-corrected chi connectivity index (χ0v) is 7.26. The van der Waals surface area contributed by atoms with Crippen molar-refractivity contribution in [2.45, 2.75) is 25.2 Å². The monoisotopic (exact) mass is 183 g/mol. The molecule has 0 aromatic carbocycles. The van der Waals surface area contributed by atoms with E-state index >= 15 is 0 Å². The van der Waals surface area contributed by atoms with E-state index in [0.29, 0.717) is 5.82 Å². The molecule has 0 bridgehead atoms. The Bertz CT molecular complexity index is 287. The molecule has 2 rings (SSSR count). The fourth-order valence-corrected chi connectivity index (χ4v) is 1.55. The fraction of sp³-hybridized carbons (Fsp3) is 0.625. The molecule has 1 saturated heterocycles. The van der Waals surface area contributed by atoms with Gasteiger partial charge < -0.3 is 20.1 Å². The van der Waals surface area contributed by atoms with Crippen molar-refractivity contribution in [1.82, 2.24) is 9.55 Å². The van der Waals surface area contributed by atoms with Crippen LogP contribution in [-0.2, 0) is 4.74 Å². The number of imidazole rings is 1. The van der Waals surface area contributed by atoms with E-state index in [0.717, 1.165) is 12.8 Å². The molecule has 1 aromatic heterocycles. The maximum Gasteiger partial charge on any atom is 0.141 e. The average molecular weight is 183 g/mol. The summed E-state index contributed by atoms with van der Waals surface area (Å²) in [6.45, 7) is 0.0840. The van der Waals surface area contributed by atoms with Gasteiger partial charge in [0.1, 0.15) is 12.0 Å². The summed E-state index contributed by atoms with van der Waals surface area (Å²) in [7, 11) is 0. The molecule has 1 fully saturated rings. The van der Waals surface area contributed by atoms with Crippen molar-refractivity contribution in [2.75, 3.05) is 12.3 Å². The third kappa shape index (κ3) is 1.66. The number of nitrogens with two attached hydrogens (primary N) is 1. The van der Waals surface area contributed by atoms with Crippen molar-refractivity contribution in [1.29, 1.82) is 0 Å². The highest BCUT2D eigenvalue weighted by Crippen LogP contribution is 2.27. The van der Waals surface area contributed by atoms with Crippen molar-refractivity contribution >= 4 is 5.82 Å². The molecule has 1 unspecified atom stereocenters. The highest BCUT2D eigenvalue weighted by Gasteiger charge is 2.25. The maximum absolute atomic E-state index is 8.86. The lowest BCUT2D eigenvalue weighted by Crippen LogP contribution is -2.13. The zero-order valence-electron chi connectivity index (χ0n) is 7.26. The van der Waals surface area contributed by atoms with E-state index in [9.17, 15) is 0 Å². The minimum atomic E-state index is -0.0337. The third-order valence-electron chi connectivity index (χ3n) is 2.24. The van der Waals surface area contributed by atoms with Crippen LogP contribution in [0.4, 0.5) is 5.82 Å². The third-order valence-corrected chi connectivity index (χ3v) is 2.24. The van der Waals surface area contributed by atoms with Crippen molar-refractivity contribution < 1.29 is 9.84 Å². The van der Waals surface area contributed by atoms with Gasteiger partial charge in [-0.15, -0.1) is 0 Å². The molecule has 3 N–H and O–H groups in total. The minimum Gasteiger partial charge on any atom is -0.394 e. The van der Waals surface area contributed by atoms with Crippen LogP contribution in [0.15, 0.2) is 12.5 Å². The Hall–Kier alpha value is -1.07. The number of rotatable bonds is 2. The lowest BCUT2D eigenvalue weighted by Gasteiger charge is -2.12. The summed E-state index contributed by atoms with van der Waals surface area (Å²) < 4.78 is 7.37. The standard InChI is InChI=1S/C8H13N3O2/c9-7-3-11(5-10-7)8-2-1-6(4-12)13-8/h3,5-6,8,12H,1-2,4,9H2/t6-,8?/m0/s1. The molecule has 1 aliphatic heterocycles. The molecular weight excluding hydrogens is 170 g/mol. The van der Waals surface area contributed by atoms with Gasteiger partial charge in [-0.05, 0) is 12.8 Å². The van der Waals surface area contributed by atoms with E-state index in [1.807, 2.05) is 4.57 Å².